The van der Waals surface area contributed by atoms with Crippen LogP contribution in [0, 0.1) is 0 Å². The minimum Gasteiger partial charge on any atom is -0.482 e. The van der Waals surface area contributed by atoms with Crippen molar-refractivity contribution in [3.05, 3.63) is 93.6 Å². The molecule has 160 valence electrons. The third-order valence-electron chi connectivity index (χ3n) is 5.21. The van der Waals surface area contributed by atoms with Gasteiger partial charge in [0.2, 0.25) is 0 Å². The fourth-order valence-electron chi connectivity index (χ4n) is 3.65. The normalized spacial score (nSPS) is 13.4. The number of fused-ring (bicyclic) bond motifs is 1. The SMILES string of the molecule is O=C1COc2ccc(-c3csc(=Nc4cccc(Cl)c4)n3CCc3ccccc3)cc2N1. The van der Waals surface area contributed by atoms with Crippen LogP contribution in [0.25, 0.3) is 11.3 Å². The van der Waals surface area contributed by atoms with Gasteiger partial charge in [-0.2, -0.15) is 0 Å². The molecule has 4 aromatic rings. The zero-order valence-corrected chi connectivity index (χ0v) is 18.7. The molecule has 1 amide bonds. The second kappa shape index (κ2) is 9.02. The van der Waals surface area contributed by atoms with E-state index in [9.17, 15) is 4.79 Å². The molecule has 1 aliphatic rings. The highest BCUT2D eigenvalue weighted by Gasteiger charge is 2.18. The van der Waals surface area contributed by atoms with Crippen molar-refractivity contribution in [1.29, 1.82) is 0 Å². The molecule has 0 unspecified atom stereocenters. The molecule has 5 nitrogen and oxygen atoms in total. The van der Waals surface area contributed by atoms with E-state index in [-0.39, 0.29) is 12.5 Å². The lowest BCUT2D eigenvalue weighted by molar-refractivity contribution is -0.118. The van der Waals surface area contributed by atoms with Crippen LogP contribution in [-0.2, 0) is 17.8 Å². The highest BCUT2D eigenvalue weighted by atomic mass is 35.5. The lowest BCUT2D eigenvalue weighted by Crippen LogP contribution is -2.25. The number of hydrogen-bond acceptors (Lipinski definition) is 4. The highest BCUT2D eigenvalue weighted by Crippen LogP contribution is 2.33. The predicted octanol–water partition coefficient (Wildman–Crippen LogP) is 5.68. The van der Waals surface area contributed by atoms with E-state index >= 15 is 0 Å². The van der Waals surface area contributed by atoms with Crippen molar-refractivity contribution in [3.63, 3.8) is 0 Å². The lowest BCUT2D eigenvalue weighted by Gasteiger charge is -2.19. The van der Waals surface area contributed by atoms with Crippen molar-refractivity contribution in [2.45, 2.75) is 13.0 Å². The number of carbonyl (C=O) groups excluding carboxylic acids is 1. The van der Waals surface area contributed by atoms with Gasteiger partial charge in [-0.25, -0.2) is 4.99 Å². The van der Waals surface area contributed by atoms with E-state index in [1.807, 2.05) is 48.5 Å². The summed E-state index contributed by atoms with van der Waals surface area (Å²) in [4.78, 5) is 17.5. The number of thiazole rings is 1. The molecule has 1 aliphatic heterocycles. The molecule has 1 aromatic heterocycles. The Balaban J connectivity index is 1.57. The number of aryl methyl sites for hydroxylation is 1. The van der Waals surface area contributed by atoms with Crippen LogP contribution in [0.15, 0.2) is 83.2 Å². The van der Waals surface area contributed by atoms with Gasteiger partial charge in [0.25, 0.3) is 5.91 Å². The van der Waals surface area contributed by atoms with Gasteiger partial charge in [-0.05, 0) is 48.4 Å². The molecule has 2 heterocycles. The number of rotatable bonds is 5. The minimum atomic E-state index is -0.145. The van der Waals surface area contributed by atoms with Gasteiger partial charge in [0.1, 0.15) is 5.75 Å². The van der Waals surface area contributed by atoms with Gasteiger partial charge < -0.3 is 14.6 Å². The van der Waals surface area contributed by atoms with E-state index in [4.69, 9.17) is 21.3 Å². The third-order valence-corrected chi connectivity index (χ3v) is 6.30. The molecule has 7 heteroatoms. The first-order valence-corrected chi connectivity index (χ1v) is 11.5. The van der Waals surface area contributed by atoms with E-state index in [2.05, 4.69) is 39.5 Å². The molecular weight excluding hydrogens is 442 g/mol. The number of benzene rings is 3. The lowest BCUT2D eigenvalue weighted by atomic mass is 10.1. The largest absolute Gasteiger partial charge is 0.482 e. The van der Waals surface area contributed by atoms with Crippen LogP contribution in [0.1, 0.15) is 5.56 Å². The number of amides is 1. The summed E-state index contributed by atoms with van der Waals surface area (Å²) in [7, 11) is 0. The number of nitrogens with zero attached hydrogens (tertiary/aromatic N) is 2. The molecule has 32 heavy (non-hydrogen) atoms. The fraction of sp³-hybridized carbons (Fsp3) is 0.120. The van der Waals surface area contributed by atoms with Gasteiger partial charge in [-0.15, -0.1) is 11.3 Å². The zero-order chi connectivity index (χ0) is 21.9. The monoisotopic (exact) mass is 461 g/mol. The minimum absolute atomic E-state index is 0.0462. The number of carbonyl (C=O) groups is 1. The average molecular weight is 462 g/mol. The molecule has 0 radical (unpaired) electrons. The van der Waals surface area contributed by atoms with E-state index < -0.39 is 0 Å². The van der Waals surface area contributed by atoms with Crippen molar-refractivity contribution in [2.75, 3.05) is 11.9 Å². The summed E-state index contributed by atoms with van der Waals surface area (Å²) in [6.07, 6.45) is 0.873. The number of ether oxygens (including phenoxy) is 1. The molecular formula is C25H20ClN3O2S. The third kappa shape index (κ3) is 4.47. The van der Waals surface area contributed by atoms with Crippen molar-refractivity contribution in [3.8, 4) is 17.0 Å². The number of anilines is 1. The van der Waals surface area contributed by atoms with E-state index in [0.717, 1.165) is 34.7 Å². The smallest absolute Gasteiger partial charge is 0.262 e. The Labute approximate surface area is 194 Å². The second-order valence-corrected chi connectivity index (χ2v) is 8.70. The van der Waals surface area contributed by atoms with Crippen LogP contribution in [0.4, 0.5) is 11.4 Å². The van der Waals surface area contributed by atoms with E-state index in [1.54, 1.807) is 11.3 Å². The molecule has 0 atom stereocenters. The number of aromatic nitrogens is 1. The molecule has 0 bridgehead atoms. The summed E-state index contributed by atoms with van der Waals surface area (Å²) in [6, 6.07) is 23.8. The van der Waals surface area contributed by atoms with Gasteiger partial charge in [-0.1, -0.05) is 48.0 Å². The Hall–Kier alpha value is -3.35. The molecule has 0 fully saturated rings. The average Bonchev–Trinajstić information content (AvgIpc) is 3.20. The first-order valence-electron chi connectivity index (χ1n) is 10.3. The Morgan fingerprint density at radius 2 is 1.94 bits per heavy atom. The van der Waals surface area contributed by atoms with Gasteiger partial charge in [0, 0.05) is 22.5 Å². The van der Waals surface area contributed by atoms with Crippen LogP contribution in [0.5, 0.6) is 5.75 Å². The van der Waals surface area contributed by atoms with Gasteiger partial charge >= 0.3 is 0 Å². The zero-order valence-electron chi connectivity index (χ0n) is 17.1. The molecule has 3 aromatic carbocycles. The summed E-state index contributed by atoms with van der Waals surface area (Å²) < 4.78 is 7.72. The maximum atomic E-state index is 11.8. The quantitative estimate of drug-likeness (QED) is 0.416. The van der Waals surface area contributed by atoms with Crippen LogP contribution in [-0.4, -0.2) is 17.1 Å². The summed E-state index contributed by atoms with van der Waals surface area (Å²) in [5, 5.41) is 5.65. The van der Waals surface area contributed by atoms with Gasteiger partial charge in [0.05, 0.1) is 17.1 Å². The van der Waals surface area contributed by atoms with Crippen molar-refractivity contribution < 1.29 is 9.53 Å². The van der Waals surface area contributed by atoms with E-state index in [1.165, 1.54) is 5.56 Å². The molecule has 0 saturated heterocycles. The maximum Gasteiger partial charge on any atom is 0.262 e. The standard InChI is InChI=1S/C25H20ClN3O2S/c26-19-7-4-8-20(14-19)27-25-29(12-11-17-5-2-1-3-6-17)22(16-32-25)18-9-10-23-21(13-18)28-24(30)15-31-23/h1-10,13-14,16H,11-12,15H2,(H,28,30). The van der Waals surface area contributed by atoms with Crippen molar-refractivity contribution in [2.24, 2.45) is 4.99 Å². The van der Waals surface area contributed by atoms with Crippen LogP contribution in [0.2, 0.25) is 5.02 Å². The number of hydrogen-bond donors (Lipinski definition) is 1. The van der Waals surface area contributed by atoms with Crippen LogP contribution >= 0.6 is 22.9 Å². The van der Waals surface area contributed by atoms with Crippen molar-refractivity contribution in [1.82, 2.24) is 4.57 Å². The fourth-order valence-corrected chi connectivity index (χ4v) is 4.79. The first kappa shape index (κ1) is 20.5. The predicted molar refractivity (Wildman–Crippen MR) is 129 cm³/mol. The Bertz CT molecular complexity index is 1340. The maximum absolute atomic E-state index is 11.8. The summed E-state index contributed by atoms with van der Waals surface area (Å²) in [5.41, 5.74) is 4.79. The molecule has 0 saturated carbocycles. The Morgan fingerprint density at radius 1 is 1.06 bits per heavy atom. The highest BCUT2D eigenvalue weighted by molar-refractivity contribution is 7.07. The molecule has 0 aliphatic carbocycles. The first-order chi connectivity index (χ1) is 15.7. The number of halogens is 1. The molecule has 0 spiro atoms. The van der Waals surface area contributed by atoms with Crippen LogP contribution in [0.3, 0.4) is 0 Å². The summed E-state index contributed by atoms with van der Waals surface area (Å²) >= 11 is 7.74. The Morgan fingerprint density at radius 3 is 2.78 bits per heavy atom. The van der Waals surface area contributed by atoms with Crippen LogP contribution < -0.4 is 14.9 Å². The number of nitrogens with one attached hydrogen (secondary N) is 1. The van der Waals surface area contributed by atoms with Gasteiger partial charge in [-0.3, -0.25) is 4.79 Å². The molecule has 1 N–H and O–H groups in total. The summed E-state index contributed by atoms with van der Waals surface area (Å²) in [5.74, 6) is 0.539. The van der Waals surface area contributed by atoms with Gasteiger partial charge in [0.15, 0.2) is 11.4 Å². The Kier molecular flexibility index (Phi) is 5.79. The van der Waals surface area contributed by atoms with Crippen molar-refractivity contribution >= 4 is 40.2 Å². The second-order valence-electron chi connectivity index (χ2n) is 7.43. The summed E-state index contributed by atoms with van der Waals surface area (Å²) in [6.45, 7) is 0.812. The molecule has 5 rings (SSSR count). The topological polar surface area (TPSA) is 55.6 Å². The van der Waals surface area contributed by atoms with E-state index in [0.29, 0.717) is 16.5 Å².